The fraction of sp³-hybridized carbons (Fsp3) is 0.455. The molecule has 0 amide bonds. The molecule has 1 unspecified atom stereocenters. The van der Waals surface area contributed by atoms with Crippen molar-refractivity contribution in [2.24, 2.45) is 0 Å². The van der Waals surface area contributed by atoms with Gasteiger partial charge in [-0.25, -0.2) is 0 Å². The summed E-state index contributed by atoms with van der Waals surface area (Å²) >= 11 is 9.86. The predicted molar refractivity (Wildman–Crippen MR) is 62.6 cm³/mol. The Morgan fingerprint density at radius 2 is 2.29 bits per heavy atom. The van der Waals surface area contributed by atoms with Gasteiger partial charge in [-0.05, 0) is 42.5 Å². The number of rotatable bonds is 1. The van der Waals surface area contributed by atoms with E-state index in [2.05, 4.69) is 22.0 Å². The molecule has 1 aliphatic rings. The van der Waals surface area contributed by atoms with E-state index in [4.69, 9.17) is 16.3 Å². The van der Waals surface area contributed by atoms with E-state index in [0.717, 1.165) is 17.2 Å². The number of hydrogen-bond donors (Lipinski definition) is 0. The van der Waals surface area contributed by atoms with E-state index in [-0.39, 0.29) is 0 Å². The van der Waals surface area contributed by atoms with Crippen LogP contribution in [0.4, 0.5) is 0 Å². The van der Waals surface area contributed by atoms with Crippen molar-refractivity contribution < 1.29 is 4.74 Å². The zero-order chi connectivity index (χ0) is 10.1. The third kappa shape index (κ3) is 1.78. The van der Waals surface area contributed by atoms with Crippen LogP contribution in [0.3, 0.4) is 0 Å². The highest BCUT2D eigenvalue weighted by Gasteiger charge is 2.20. The Bertz CT molecular complexity index is 351. The fourth-order valence-electron chi connectivity index (χ4n) is 1.91. The highest BCUT2D eigenvalue weighted by Crippen LogP contribution is 2.41. The third-order valence-electron chi connectivity index (χ3n) is 2.66. The molecule has 76 valence electrons. The lowest BCUT2D eigenvalue weighted by atomic mass is 9.91. The van der Waals surface area contributed by atoms with Crippen LogP contribution in [-0.2, 0) is 6.42 Å². The van der Waals surface area contributed by atoms with Gasteiger partial charge >= 0.3 is 0 Å². The highest BCUT2D eigenvalue weighted by molar-refractivity contribution is 9.09. The van der Waals surface area contributed by atoms with Crippen molar-refractivity contribution in [2.45, 2.75) is 24.1 Å². The van der Waals surface area contributed by atoms with Crippen molar-refractivity contribution in [3.63, 3.8) is 0 Å². The van der Waals surface area contributed by atoms with E-state index in [1.165, 1.54) is 24.0 Å². The van der Waals surface area contributed by atoms with E-state index in [1.54, 1.807) is 7.11 Å². The Morgan fingerprint density at radius 1 is 1.50 bits per heavy atom. The van der Waals surface area contributed by atoms with Crippen LogP contribution in [0.2, 0.25) is 5.02 Å². The monoisotopic (exact) mass is 274 g/mol. The van der Waals surface area contributed by atoms with Crippen LogP contribution in [0.5, 0.6) is 5.75 Å². The standard InChI is InChI=1S/C11H12BrClO/c1-14-7-5-9-8(11(13)6-7)3-2-4-10(9)12/h5-6,10H,2-4H2,1H3. The van der Waals surface area contributed by atoms with Gasteiger partial charge < -0.3 is 4.74 Å². The van der Waals surface area contributed by atoms with Crippen molar-refractivity contribution in [1.82, 2.24) is 0 Å². The van der Waals surface area contributed by atoms with E-state index >= 15 is 0 Å². The average molecular weight is 276 g/mol. The van der Waals surface area contributed by atoms with Gasteiger partial charge in [0, 0.05) is 9.85 Å². The maximum atomic E-state index is 6.19. The number of hydrogen-bond acceptors (Lipinski definition) is 1. The van der Waals surface area contributed by atoms with Crippen LogP contribution >= 0.6 is 27.5 Å². The second-order valence-electron chi connectivity index (χ2n) is 3.54. The normalized spacial score (nSPS) is 20.4. The lowest BCUT2D eigenvalue weighted by Gasteiger charge is -2.22. The van der Waals surface area contributed by atoms with E-state index in [9.17, 15) is 0 Å². The molecular formula is C11H12BrClO. The topological polar surface area (TPSA) is 9.23 Å². The number of alkyl halides is 1. The molecule has 0 saturated carbocycles. The quantitative estimate of drug-likeness (QED) is 0.701. The van der Waals surface area contributed by atoms with Crippen LogP contribution in [0.15, 0.2) is 12.1 Å². The Morgan fingerprint density at radius 3 is 3.00 bits per heavy atom. The third-order valence-corrected chi connectivity index (χ3v) is 3.95. The first kappa shape index (κ1) is 10.3. The van der Waals surface area contributed by atoms with Gasteiger partial charge in [0.25, 0.3) is 0 Å². The summed E-state index contributed by atoms with van der Waals surface area (Å²) < 4.78 is 5.20. The van der Waals surface area contributed by atoms with Gasteiger partial charge in [-0.2, -0.15) is 0 Å². The van der Waals surface area contributed by atoms with Crippen LogP contribution in [0, 0.1) is 0 Å². The molecule has 0 spiro atoms. The van der Waals surface area contributed by atoms with Gasteiger partial charge in [0.15, 0.2) is 0 Å². The van der Waals surface area contributed by atoms with E-state index < -0.39 is 0 Å². The first-order valence-corrected chi connectivity index (χ1v) is 6.02. The van der Waals surface area contributed by atoms with Crippen LogP contribution < -0.4 is 4.74 Å². The molecule has 0 saturated heterocycles. The van der Waals surface area contributed by atoms with Gasteiger partial charge in [0.2, 0.25) is 0 Å². The first-order valence-electron chi connectivity index (χ1n) is 4.72. The van der Waals surface area contributed by atoms with Crippen molar-refractivity contribution in [3.05, 3.63) is 28.3 Å². The summed E-state index contributed by atoms with van der Waals surface area (Å²) in [6.07, 6.45) is 3.46. The van der Waals surface area contributed by atoms with Crippen LogP contribution in [0.25, 0.3) is 0 Å². The molecule has 1 aromatic rings. The molecule has 3 heteroatoms. The molecule has 0 heterocycles. The maximum Gasteiger partial charge on any atom is 0.120 e. The van der Waals surface area contributed by atoms with E-state index in [0.29, 0.717) is 4.83 Å². The summed E-state index contributed by atoms with van der Waals surface area (Å²) in [4.78, 5) is 0.429. The van der Waals surface area contributed by atoms with E-state index in [1.807, 2.05) is 6.07 Å². The minimum Gasteiger partial charge on any atom is -0.497 e. The SMILES string of the molecule is COc1cc(Cl)c2c(c1)C(Br)CCC2. The largest absolute Gasteiger partial charge is 0.497 e. The highest BCUT2D eigenvalue weighted by atomic mass is 79.9. The molecule has 0 aromatic heterocycles. The summed E-state index contributed by atoms with van der Waals surface area (Å²) in [6, 6.07) is 3.98. The number of ether oxygens (including phenoxy) is 1. The lowest BCUT2D eigenvalue weighted by Crippen LogP contribution is -2.06. The molecule has 0 radical (unpaired) electrons. The van der Waals surface area contributed by atoms with Gasteiger partial charge in [-0.1, -0.05) is 27.5 Å². The summed E-state index contributed by atoms with van der Waals surface area (Å²) in [6.45, 7) is 0. The smallest absolute Gasteiger partial charge is 0.120 e. The molecular weight excluding hydrogens is 263 g/mol. The zero-order valence-corrected chi connectivity index (χ0v) is 10.4. The number of fused-ring (bicyclic) bond motifs is 1. The van der Waals surface area contributed by atoms with Gasteiger partial charge in [-0.15, -0.1) is 0 Å². The lowest BCUT2D eigenvalue weighted by molar-refractivity contribution is 0.413. The summed E-state index contributed by atoms with van der Waals surface area (Å²) in [5, 5.41) is 0.837. The molecule has 14 heavy (non-hydrogen) atoms. The molecule has 1 aromatic carbocycles. The summed E-state index contributed by atoms with van der Waals surface area (Å²) in [5.41, 5.74) is 2.57. The Labute approximate surface area is 97.5 Å². The Hall–Kier alpha value is -0.210. The number of halogens is 2. The fourth-order valence-corrected chi connectivity index (χ4v) is 2.95. The Balaban J connectivity index is 2.51. The first-order chi connectivity index (χ1) is 6.72. The van der Waals surface area contributed by atoms with Crippen LogP contribution in [0.1, 0.15) is 28.8 Å². The second kappa shape index (κ2) is 4.11. The predicted octanol–water partition coefficient (Wildman–Crippen LogP) is 4.12. The molecule has 0 N–H and O–H groups in total. The minimum atomic E-state index is 0.429. The van der Waals surface area contributed by atoms with Crippen molar-refractivity contribution >= 4 is 27.5 Å². The van der Waals surface area contributed by atoms with Gasteiger partial charge in [-0.3, -0.25) is 0 Å². The van der Waals surface area contributed by atoms with Gasteiger partial charge in [0.05, 0.1) is 7.11 Å². The molecule has 1 aliphatic carbocycles. The molecule has 0 bridgehead atoms. The Kier molecular flexibility index (Phi) is 3.03. The van der Waals surface area contributed by atoms with Gasteiger partial charge in [0.1, 0.15) is 5.75 Å². The molecule has 1 nitrogen and oxygen atoms in total. The minimum absolute atomic E-state index is 0.429. The molecule has 1 atom stereocenters. The summed E-state index contributed by atoms with van der Waals surface area (Å²) in [5.74, 6) is 0.847. The number of benzene rings is 1. The van der Waals surface area contributed by atoms with Crippen molar-refractivity contribution in [1.29, 1.82) is 0 Å². The average Bonchev–Trinajstić information content (AvgIpc) is 2.19. The molecule has 0 aliphatic heterocycles. The molecule has 2 rings (SSSR count). The maximum absolute atomic E-state index is 6.19. The second-order valence-corrected chi connectivity index (χ2v) is 5.05. The summed E-state index contributed by atoms with van der Waals surface area (Å²) in [7, 11) is 1.67. The zero-order valence-electron chi connectivity index (χ0n) is 8.02. The molecule has 0 fully saturated rings. The van der Waals surface area contributed by atoms with Crippen LogP contribution in [-0.4, -0.2) is 7.11 Å². The number of methoxy groups -OCH3 is 1. The van der Waals surface area contributed by atoms with Crippen molar-refractivity contribution in [2.75, 3.05) is 7.11 Å². The van der Waals surface area contributed by atoms with Crippen molar-refractivity contribution in [3.8, 4) is 5.75 Å².